The van der Waals surface area contributed by atoms with Gasteiger partial charge in [-0.3, -0.25) is 14.4 Å². The Balaban J connectivity index is 2.20. The summed E-state index contributed by atoms with van der Waals surface area (Å²) in [5, 5.41) is 11.4. The molecule has 1 aromatic heterocycles. The molecule has 1 saturated heterocycles. The van der Waals surface area contributed by atoms with Gasteiger partial charge in [0.05, 0.1) is 3.79 Å². The molecule has 12 heteroatoms. The minimum Gasteiger partial charge on any atom is -0.456 e. The number of carbonyl (C=O) groups is 3. The minimum atomic E-state index is -1.81. The maximum absolute atomic E-state index is 12.2. The van der Waals surface area contributed by atoms with Crippen LogP contribution in [0, 0.1) is 0 Å². The van der Waals surface area contributed by atoms with Gasteiger partial charge in [0.15, 0.2) is 12.2 Å². The maximum Gasteiger partial charge on any atom is 0.303 e. The fourth-order valence-corrected chi connectivity index (χ4v) is 6.02. The molecule has 0 radical (unpaired) electrons. The number of thiophene rings is 1. The van der Waals surface area contributed by atoms with E-state index in [1.54, 1.807) is 31.2 Å². The minimum absolute atomic E-state index is 0.285. The van der Waals surface area contributed by atoms with Gasteiger partial charge < -0.3 is 28.8 Å². The number of halogens is 2. The molecule has 1 N–H and O–H groups in total. The van der Waals surface area contributed by atoms with Gasteiger partial charge in [0.2, 0.25) is 11.9 Å². The zero-order valence-electron chi connectivity index (χ0n) is 20.9. The highest BCUT2D eigenvalue weighted by atomic mass is 79.9. The van der Waals surface area contributed by atoms with Crippen LogP contribution >= 0.6 is 38.9 Å². The summed E-state index contributed by atoms with van der Waals surface area (Å²) in [5.74, 6) is -3.83. The average molecular weight is 620 g/mol. The van der Waals surface area contributed by atoms with E-state index in [1.807, 2.05) is 6.07 Å². The molecule has 1 fully saturated rings. The number of aliphatic hydroxyl groups excluding tert-OH is 1. The molecule has 1 aliphatic heterocycles. The van der Waals surface area contributed by atoms with Crippen molar-refractivity contribution < 1.29 is 43.2 Å². The van der Waals surface area contributed by atoms with Gasteiger partial charge in [0, 0.05) is 48.9 Å². The van der Waals surface area contributed by atoms with E-state index >= 15 is 0 Å². The van der Waals surface area contributed by atoms with Crippen LogP contribution in [-0.2, 0) is 43.9 Å². The largest absolute Gasteiger partial charge is 0.456 e. The Morgan fingerprint density at radius 3 is 2.22 bits per heavy atom. The van der Waals surface area contributed by atoms with Gasteiger partial charge in [-0.15, -0.1) is 11.3 Å². The first kappa shape index (κ1) is 29.5. The summed E-state index contributed by atoms with van der Waals surface area (Å²) >= 11 is 11.2. The molecular formula is C25H28BrClO9S. The van der Waals surface area contributed by atoms with Crippen molar-refractivity contribution >= 4 is 56.8 Å². The second-order valence-corrected chi connectivity index (χ2v) is 11.3. The zero-order chi connectivity index (χ0) is 27.5. The lowest BCUT2D eigenvalue weighted by atomic mass is 9.85. The van der Waals surface area contributed by atoms with E-state index in [0.29, 0.717) is 22.4 Å². The maximum atomic E-state index is 12.2. The quantitative estimate of drug-likeness (QED) is 0.333. The Morgan fingerprint density at radius 2 is 1.70 bits per heavy atom. The third-order valence-electron chi connectivity index (χ3n) is 5.85. The van der Waals surface area contributed by atoms with Gasteiger partial charge in [-0.1, -0.05) is 24.6 Å². The lowest BCUT2D eigenvalue weighted by molar-refractivity contribution is -0.365. The Labute approximate surface area is 232 Å². The third-order valence-corrected chi connectivity index (χ3v) is 7.87. The van der Waals surface area contributed by atoms with E-state index in [0.717, 1.165) is 3.79 Å². The normalized spacial score (nSPS) is 26.3. The summed E-state index contributed by atoms with van der Waals surface area (Å²) in [4.78, 5) is 36.9. The first-order chi connectivity index (χ1) is 17.4. The molecule has 0 amide bonds. The van der Waals surface area contributed by atoms with Crippen molar-refractivity contribution in [1.82, 2.24) is 0 Å². The van der Waals surface area contributed by atoms with Crippen LogP contribution < -0.4 is 0 Å². The van der Waals surface area contributed by atoms with Crippen molar-refractivity contribution in [3.63, 3.8) is 0 Å². The highest BCUT2D eigenvalue weighted by molar-refractivity contribution is 9.11. The number of rotatable bonds is 8. The predicted octanol–water partition coefficient (Wildman–Crippen LogP) is 4.65. The van der Waals surface area contributed by atoms with Crippen molar-refractivity contribution in [3.05, 3.63) is 55.1 Å². The average Bonchev–Trinajstić information content (AvgIpc) is 3.27. The van der Waals surface area contributed by atoms with Crippen molar-refractivity contribution in [2.24, 2.45) is 0 Å². The topological polar surface area (TPSA) is 118 Å². The predicted molar refractivity (Wildman–Crippen MR) is 138 cm³/mol. The lowest BCUT2D eigenvalue weighted by Crippen LogP contribution is -2.66. The first-order valence-electron chi connectivity index (χ1n) is 11.4. The van der Waals surface area contributed by atoms with E-state index in [-0.39, 0.29) is 5.02 Å². The van der Waals surface area contributed by atoms with E-state index < -0.39 is 54.2 Å². The Bertz CT molecular complexity index is 1150. The summed E-state index contributed by atoms with van der Waals surface area (Å²) in [7, 11) is 1.35. The summed E-state index contributed by atoms with van der Waals surface area (Å²) in [6.45, 7) is 5.39. The number of aliphatic hydroxyl groups is 1. The summed E-state index contributed by atoms with van der Waals surface area (Å²) in [6, 6.07) is 8.33. The zero-order valence-corrected chi connectivity index (χ0v) is 24.0. The first-order valence-corrected chi connectivity index (χ1v) is 13.4. The Morgan fingerprint density at radius 1 is 1.08 bits per heavy atom. The molecule has 37 heavy (non-hydrogen) atoms. The Hall–Kier alpha value is -2.02. The van der Waals surface area contributed by atoms with Crippen molar-refractivity contribution in [1.29, 1.82) is 0 Å². The number of benzene rings is 1. The molecule has 3 rings (SSSR count). The summed E-state index contributed by atoms with van der Waals surface area (Å²) in [5.41, 5.74) is 0.696. The molecule has 0 spiro atoms. The number of esters is 3. The van der Waals surface area contributed by atoms with Crippen molar-refractivity contribution in [2.45, 2.75) is 70.4 Å². The standard InChI is InChI=1S/C25H28BrClO9S/c1-6-18-22(33-12(2)28)23(34-13(3)29)24(35-14(4)30)25(32-5,36-18)15-7-8-17(27)16(11-15)21(31)19-9-10-20(26)37-19/h7-11,18,21-24,31H,6H2,1-5H3/t18-,21?,22-,23+,24-,25?/m1/s1. The van der Waals surface area contributed by atoms with Crippen LogP contribution in [0.5, 0.6) is 0 Å². The number of ether oxygens (including phenoxy) is 5. The van der Waals surface area contributed by atoms with E-state index in [9.17, 15) is 19.5 Å². The smallest absolute Gasteiger partial charge is 0.303 e. The highest BCUT2D eigenvalue weighted by Crippen LogP contribution is 2.45. The van der Waals surface area contributed by atoms with Gasteiger partial charge in [-0.2, -0.15) is 0 Å². The molecule has 9 nitrogen and oxygen atoms in total. The van der Waals surface area contributed by atoms with Crippen LogP contribution in [0.4, 0.5) is 0 Å². The van der Waals surface area contributed by atoms with Gasteiger partial charge in [-0.05, 0) is 46.6 Å². The number of hydrogen-bond acceptors (Lipinski definition) is 10. The molecule has 2 aromatic rings. The molecule has 1 aromatic carbocycles. The highest BCUT2D eigenvalue weighted by Gasteiger charge is 2.61. The van der Waals surface area contributed by atoms with Gasteiger partial charge in [0.1, 0.15) is 12.2 Å². The van der Waals surface area contributed by atoms with Crippen LogP contribution in [0.15, 0.2) is 34.1 Å². The molecule has 0 bridgehead atoms. The SMILES string of the molecule is CC[C@H]1OC(OC)(c2ccc(Cl)c(C(O)c3ccc(Br)s3)c2)[C@H](OC(C)=O)[C@@H](OC(C)=O)[C@@H]1OC(C)=O. The van der Waals surface area contributed by atoms with Crippen LogP contribution in [-0.4, -0.2) is 54.5 Å². The lowest BCUT2D eigenvalue weighted by Gasteiger charge is -2.50. The monoisotopic (exact) mass is 618 g/mol. The van der Waals surface area contributed by atoms with E-state index in [1.165, 1.54) is 39.2 Å². The molecule has 1 aliphatic rings. The van der Waals surface area contributed by atoms with Crippen LogP contribution in [0.1, 0.15) is 56.2 Å². The molecule has 202 valence electrons. The van der Waals surface area contributed by atoms with Crippen molar-refractivity contribution in [3.8, 4) is 0 Å². The molecule has 0 aliphatic carbocycles. The Kier molecular flexibility index (Phi) is 9.76. The van der Waals surface area contributed by atoms with Crippen LogP contribution in [0.25, 0.3) is 0 Å². The number of methoxy groups -OCH3 is 1. The summed E-state index contributed by atoms with van der Waals surface area (Å²) < 4.78 is 29.8. The third kappa shape index (κ3) is 6.35. The second-order valence-electron chi connectivity index (χ2n) is 8.40. The van der Waals surface area contributed by atoms with Gasteiger partial charge in [0.25, 0.3) is 0 Å². The molecule has 2 unspecified atom stereocenters. The van der Waals surface area contributed by atoms with Gasteiger partial charge >= 0.3 is 17.9 Å². The second kappa shape index (κ2) is 12.2. The fraction of sp³-hybridized carbons (Fsp3) is 0.480. The van der Waals surface area contributed by atoms with E-state index in [2.05, 4.69) is 15.9 Å². The molecule has 0 saturated carbocycles. The van der Waals surface area contributed by atoms with Gasteiger partial charge in [-0.25, -0.2) is 0 Å². The van der Waals surface area contributed by atoms with Crippen molar-refractivity contribution in [2.75, 3.05) is 7.11 Å². The number of carbonyl (C=O) groups excluding carboxylic acids is 3. The molecule has 2 heterocycles. The number of hydrogen-bond donors (Lipinski definition) is 1. The summed E-state index contributed by atoms with van der Waals surface area (Å²) in [6.07, 6.45) is -5.28. The fourth-order valence-electron chi connectivity index (χ4n) is 4.37. The molecular weight excluding hydrogens is 592 g/mol. The van der Waals surface area contributed by atoms with Crippen LogP contribution in [0.3, 0.4) is 0 Å². The van der Waals surface area contributed by atoms with E-state index in [4.69, 9.17) is 35.3 Å². The van der Waals surface area contributed by atoms with Crippen LogP contribution in [0.2, 0.25) is 5.02 Å². The molecule has 6 atom stereocenters.